The fourth-order valence-corrected chi connectivity index (χ4v) is 4.09. The van der Waals surface area contributed by atoms with Crippen molar-refractivity contribution in [3.05, 3.63) is 29.6 Å². The number of likely N-dealkylation sites (tertiary alicyclic amines) is 1. The molecular formula is C19H24F3N5O2. The number of alkyl halides is 3. The molecule has 2 fully saturated rings. The van der Waals surface area contributed by atoms with Gasteiger partial charge in [-0.2, -0.15) is 18.3 Å². The van der Waals surface area contributed by atoms with Gasteiger partial charge in [0, 0.05) is 39.3 Å². The Balaban J connectivity index is 1.58. The summed E-state index contributed by atoms with van der Waals surface area (Å²) in [7, 11) is 4.82. The molecule has 0 aliphatic carbocycles. The molecule has 2 aliphatic heterocycles. The highest BCUT2D eigenvalue weighted by atomic mass is 19.4. The first-order chi connectivity index (χ1) is 13.8. The summed E-state index contributed by atoms with van der Waals surface area (Å²) >= 11 is 0. The monoisotopic (exact) mass is 411 g/mol. The van der Waals surface area contributed by atoms with Crippen LogP contribution in [-0.4, -0.2) is 77.1 Å². The second-order valence-corrected chi connectivity index (χ2v) is 7.57. The van der Waals surface area contributed by atoms with E-state index in [1.165, 1.54) is 14.2 Å². The summed E-state index contributed by atoms with van der Waals surface area (Å²) in [5, 5.41) is 3.96. The molecule has 2 aliphatic rings. The van der Waals surface area contributed by atoms with Gasteiger partial charge in [0.2, 0.25) is 5.82 Å². The van der Waals surface area contributed by atoms with Crippen LogP contribution in [0.1, 0.15) is 11.4 Å². The Morgan fingerprint density at radius 1 is 1.24 bits per heavy atom. The van der Waals surface area contributed by atoms with Crippen molar-refractivity contribution in [3.63, 3.8) is 0 Å². The molecule has 1 aromatic carbocycles. The van der Waals surface area contributed by atoms with Crippen LogP contribution in [-0.2, 0) is 24.5 Å². The predicted octanol–water partition coefficient (Wildman–Crippen LogP) is 2.02. The molecule has 29 heavy (non-hydrogen) atoms. The summed E-state index contributed by atoms with van der Waals surface area (Å²) in [4.78, 5) is 8.33. The van der Waals surface area contributed by atoms with Gasteiger partial charge >= 0.3 is 6.18 Å². The second kappa shape index (κ2) is 7.58. The minimum atomic E-state index is -4.57. The van der Waals surface area contributed by atoms with E-state index in [4.69, 9.17) is 9.47 Å². The van der Waals surface area contributed by atoms with Crippen molar-refractivity contribution >= 4 is 0 Å². The number of likely N-dealkylation sites (N-methyl/N-ethyl adjacent to an activating group) is 1. The Kier molecular flexibility index (Phi) is 5.26. The summed E-state index contributed by atoms with van der Waals surface area (Å²) in [6.45, 7) is 4.05. The van der Waals surface area contributed by atoms with Crippen LogP contribution in [0.2, 0.25) is 0 Å². The van der Waals surface area contributed by atoms with Gasteiger partial charge in [0.05, 0.1) is 25.4 Å². The molecule has 0 amide bonds. The van der Waals surface area contributed by atoms with Crippen molar-refractivity contribution in [3.8, 4) is 17.1 Å². The van der Waals surface area contributed by atoms with E-state index in [-0.39, 0.29) is 11.9 Å². The normalized spacial score (nSPS) is 23.4. The second-order valence-electron chi connectivity index (χ2n) is 7.57. The third-order valence-corrected chi connectivity index (χ3v) is 5.58. The van der Waals surface area contributed by atoms with E-state index >= 15 is 0 Å². The lowest BCUT2D eigenvalue weighted by atomic mass is 10.1. The highest BCUT2D eigenvalue weighted by Gasteiger charge is 2.39. The van der Waals surface area contributed by atoms with E-state index < -0.39 is 12.0 Å². The molecule has 0 spiro atoms. The van der Waals surface area contributed by atoms with Crippen LogP contribution >= 0.6 is 0 Å². The average Bonchev–Trinajstić information content (AvgIpc) is 3.25. The summed E-state index contributed by atoms with van der Waals surface area (Å²) in [6, 6.07) is 5.84. The highest BCUT2D eigenvalue weighted by molar-refractivity contribution is 5.65. The molecule has 3 heterocycles. The molecule has 2 atom stereocenters. The number of rotatable bonds is 4. The Morgan fingerprint density at radius 3 is 2.69 bits per heavy atom. The Bertz CT molecular complexity index is 885. The maximum absolute atomic E-state index is 13.1. The lowest BCUT2D eigenvalue weighted by Gasteiger charge is -2.33. The van der Waals surface area contributed by atoms with E-state index in [0.29, 0.717) is 23.9 Å². The number of hydrogen-bond acceptors (Lipinski definition) is 6. The van der Waals surface area contributed by atoms with Crippen molar-refractivity contribution in [2.45, 2.75) is 24.9 Å². The number of nitrogens with zero attached hydrogens (tertiary/aromatic N) is 5. The number of fused-ring (bicyclic) bond motifs is 1. The van der Waals surface area contributed by atoms with Crippen LogP contribution in [0.3, 0.4) is 0 Å². The molecule has 0 N–H and O–H groups in total. The van der Waals surface area contributed by atoms with E-state index in [9.17, 15) is 13.2 Å². The number of morpholine rings is 1. The Labute approximate surface area is 167 Å². The van der Waals surface area contributed by atoms with Crippen LogP contribution in [0, 0.1) is 0 Å². The number of hydrogen-bond donors (Lipinski definition) is 0. The smallest absolute Gasteiger partial charge is 0.451 e. The zero-order valence-corrected chi connectivity index (χ0v) is 16.6. The van der Waals surface area contributed by atoms with Crippen LogP contribution in [0.15, 0.2) is 18.2 Å². The summed E-state index contributed by atoms with van der Waals surface area (Å²) < 4.78 is 51.3. The molecule has 0 bridgehead atoms. The number of methoxy groups -OCH3 is 1. The molecule has 7 nitrogen and oxygen atoms in total. The summed E-state index contributed by atoms with van der Waals surface area (Å²) in [5.74, 6) is -0.605. The molecule has 158 valence electrons. The fourth-order valence-electron chi connectivity index (χ4n) is 4.09. The largest absolute Gasteiger partial charge is 0.496 e. The van der Waals surface area contributed by atoms with Crippen LogP contribution in [0.5, 0.6) is 5.75 Å². The Hall–Kier alpha value is -2.17. The number of benzene rings is 1. The van der Waals surface area contributed by atoms with Gasteiger partial charge < -0.3 is 9.47 Å². The fraction of sp³-hybridized carbons (Fsp3) is 0.579. The number of aromatic nitrogens is 3. The minimum Gasteiger partial charge on any atom is -0.496 e. The van der Waals surface area contributed by atoms with Gasteiger partial charge in [-0.3, -0.25) is 9.80 Å². The summed E-state index contributed by atoms with van der Waals surface area (Å²) in [5.41, 5.74) is 1.41. The van der Waals surface area contributed by atoms with Gasteiger partial charge in [0.15, 0.2) is 5.82 Å². The molecule has 1 aromatic heterocycles. The maximum atomic E-state index is 13.1. The van der Waals surface area contributed by atoms with Gasteiger partial charge in [-0.05, 0) is 24.7 Å². The standard InChI is InChI=1S/C19H24F3N5O2/c1-25-6-7-29-16-11-27(10-14(16)25)9-12-4-5-15(28-3)13(8-12)17-23-18(19(20,21)22)26(2)24-17/h4-5,8,14,16H,6-7,9-11H2,1-3H3/t14-,16-/m0/s1. The topological polar surface area (TPSA) is 55.7 Å². The molecule has 0 radical (unpaired) electrons. The minimum absolute atomic E-state index is 0.00307. The lowest BCUT2D eigenvalue weighted by Crippen LogP contribution is -2.48. The molecule has 10 heteroatoms. The number of halogens is 3. The molecular weight excluding hydrogens is 387 g/mol. The third kappa shape index (κ3) is 3.96. The first-order valence-corrected chi connectivity index (χ1v) is 9.46. The predicted molar refractivity (Wildman–Crippen MR) is 99.4 cm³/mol. The lowest BCUT2D eigenvalue weighted by molar-refractivity contribution is -0.147. The number of aryl methyl sites for hydroxylation is 1. The molecule has 2 aromatic rings. The highest BCUT2D eigenvalue weighted by Crippen LogP contribution is 2.33. The van der Waals surface area contributed by atoms with E-state index in [1.807, 2.05) is 6.07 Å². The zero-order chi connectivity index (χ0) is 20.8. The SMILES string of the molecule is COc1ccc(CN2C[C@@H]3OCCN(C)[C@H]3C2)cc1-c1nc(C(F)(F)F)n(C)n1. The van der Waals surface area contributed by atoms with Crippen LogP contribution in [0.25, 0.3) is 11.4 Å². The Morgan fingerprint density at radius 2 is 2.03 bits per heavy atom. The number of ether oxygens (including phenoxy) is 2. The molecule has 4 rings (SSSR count). The van der Waals surface area contributed by atoms with Crippen LogP contribution in [0.4, 0.5) is 13.2 Å². The van der Waals surface area contributed by atoms with Crippen molar-refractivity contribution in [1.82, 2.24) is 24.6 Å². The van der Waals surface area contributed by atoms with Gasteiger partial charge in [0.1, 0.15) is 5.75 Å². The van der Waals surface area contributed by atoms with Gasteiger partial charge in [-0.1, -0.05) is 6.07 Å². The maximum Gasteiger partial charge on any atom is 0.451 e. The van der Waals surface area contributed by atoms with E-state index in [2.05, 4.69) is 26.9 Å². The van der Waals surface area contributed by atoms with Gasteiger partial charge in [-0.15, -0.1) is 0 Å². The van der Waals surface area contributed by atoms with Crippen molar-refractivity contribution in [2.75, 3.05) is 40.4 Å². The molecule has 0 unspecified atom stereocenters. The first kappa shape index (κ1) is 20.1. The molecule has 2 saturated heterocycles. The first-order valence-electron chi connectivity index (χ1n) is 9.46. The average molecular weight is 411 g/mol. The quantitative estimate of drug-likeness (QED) is 0.768. The van der Waals surface area contributed by atoms with Crippen molar-refractivity contribution in [1.29, 1.82) is 0 Å². The molecule has 0 saturated carbocycles. The van der Waals surface area contributed by atoms with Crippen molar-refractivity contribution < 1.29 is 22.6 Å². The van der Waals surface area contributed by atoms with E-state index in [0.717, 1.165) is 36.5 Å². The third-order valence-electron chi connectivity index (χ3n) is 5.58. The van der Waals surface area contributed by atoms with E-state index in [1.54, 1.807) is 12.1 Å². The summed E-state index contributed by atoms with van der Waals surface area (Å²) in [6.07, 6.45) is -4.37. The zero-order valence-electron chi connectivity index (χ0n) is 16.6. The van der Waals surface area contributed by atoms with Gasteiger partial charge in [0.25, 0.3) is 0 Å². The van der Waals surface area contributed by atoms with Crippen LogP contribution < -0.4 is 4.74 Å². The van der Waals surface area contributed by atoms with Crippen molar-refractivity contribution in [2.24, 2.45) is 7.05 Å². The van der Waals surface area contributed by atoms with Gasteiger partial charge in [-0.25, -0.2) is 9.67 Å².